The highest BCUT2D eigenvalue weighted by Gasteiger charge is 2.31. The summed E-state index contributed by atoms with van der Waals surface area (Å²) < 4.78 is 9.49. The number of amidine groups is 1. The first-order chi connectivity index (χ1) is 28.2. The Labute approximate surface area is 334 Å². The minimum absolute atomic E-state index is 0.0300. The molecule has 0 aliphatic carbocycles. The maximum absolute atomic E-state index is 6.93. The fraction of sp³-hybridized carbons (Fsp3) is 0.0566. The maximum Gasteiger partial charge on any atom is 0.155 e. The van der Waals surface area contributed by atoms with Gasteiger partial charge < -0.3 is 4.42 Å². The summed E-state index contributed by atoms with van der Waals surface area (Å²) in [5.74, 6) is 0.776. The number of aliphatic imine (C=N–C) groups is 2. The molecule has 0 saturated carbocycles. The van der Waals surface area contributed by atoms with Crippen LogP contribution in [0.1, 0.15) is 29.7 Å². The topological polar surface area (TPSA) is 37.9 Å². The molecule has 1 aliphatic heterocycles. The fourth-order valence-corrected chi connectivity index (χ4v) is 9.91. The lowest BCUT2D eigenvalue weighted by atomic mass is 9.85. The molecule has 1 aliphatic rings. The summed E-state index contributed by atoms with van der Waals surface area (Å²) in [6.45, 7) is 2.24. The van der Waals surface area contributed by atoms with Gasteiger partial charge in [0.15, 0.2) is 5.84 Å². The molecule has 3 nitrogen and oxygen atoms in total. The third-order valence-corrected chi connectivity index (χ3v) is 12.7. The summed E-state index contributed by atoms with van der Waals surface area (Å²) in [5.41, 5.74) is 13.1. The number of nitrogens with zero attached hydrogens (tertiary/aromatic N) is 2. The van der Waals surface area contributed by atoms with Crippen molar-refractivity contribution in [1.82, 2.24) is 0 Å². The molecule has 3 heterocycles. The van der Waals surface area contributed by atoms with Gasteiger partial charge in [-0.2, -0.15) is 0 Å². The summed E-state index contributed by atoms with van der Waals surface area (Å²) in [6, 6.07) is 66.9. The number of fused-ring (bicyclic) bond motifs is 6. The molecule has 0 amide bonds. The Kier molecular flexibility index (Phi) is 8.04. The fourth-order valence-electron chi connectivity index (χ4n) is 8.64. The first-order valence-corrected chi connectivity index (χ1v) is 20.3. The average Bonchev–Trinajstić information content (AvgIpc) is 3.86. The van der Waals surface area contributed by atoms with Gasteiger partial charge in [-0.15, -0.1) is 11.3 Å². The molecule has 4 heteroatoms. The second kappa shape index (κ2) is 13.7. The van der Waals surface area contributed by atoms with E-state index in [9.17, 15) is 0 Å². The third-order valence-electron chi connectivity index (χ3n) is 11.5. The van der Waals surface area contributed by atoms with E-state index in [0.29, 0.717) is 0 Å². The lowest BCUT2D eigenvalue weighted by Crippen LogP contribution is -2.26. The van der Waals surface area contributed by atoms with Crippen molar-refractivity contribution in [2.24, 2.45) is 15.9 Å². The first kappa shape index (κ1) is 33.5. The molecule has 0 radical (unpaired) electrons. The van der Waals surface area contributed by atoms with Crippen LogP contribution in [0.5, 0.6) is 0 Å². The van der Waals surface area contributed by atoms with Crippen LogP contribution in [0.25, 0.3) is 75.5 Å². The van der Waals surface area contributed by atoms with Crippen molar-refractivity contribution in [3.05, 3.63) is 205 Å². The van der Waals surface area contributed by atoms with Crippen LogP contribution in [0, 0.1) is 5.92 Å². The molecule has 2 atom stereocenters. The van der Waals surface area contributed by atoms with Gasteiger partial charge >= 0.3 is 0 Å². The monoisotopic (exact) mass is 748 g/mol. The number of rotatable bonds is 6. The molecule has 11 rings (SSSR count). The van der Waals surface area contributed by atoms with E-state index in [1.165, 1.54) is 53.6 Å². The van der Waals surface area contributed by atoms with Crippen LogP contribution in [-0.2, 0) is 0 Å². The Morgan fingerprint density at radius 3 is 1.96 bits per heavy atom. The molecule has 0 spiro atoms. The maximum atomic E-state index is 6.93. The quantitative estimate of drug-likeness (QED) is 0.167. The van der Waals surface area contributed by atoms with E-state index >= 15 is 0 Å². The molecule has 1 unspecified atom stereocenters. The molecular formula is C53H36N2OS. The van der Waals surface area contributed by atoms with Crippen LogP contribution in [-0.4, -0.2) is 11.5 Å². The van der Waals surface area contributed by atoms with Gasteiger partial charge in [0.25, 0.3) is 0 Å². The zero-order chi connectivity index (χ0) is 37.9. The summed E-state index contributed by atoms with van der Waals surface area (Å²) in [4.78, 5) is 10.5. The highest BCUT2D eigenvalue weighted by molar-refractivity contribution is 7.26. The van der Waals surface area contributed by atoms with E-state index in [4.69, 9.17) is 14.4 Å². The average molecular weight is 749 g/mol. The van der Waals surface area contributed by atoms with Crippen molar-refractivity contribution in [2.45, 2.75) is 13.0 Å². The van der Waals surface area contributed by atoms with Gasteiger partial charge in [-0.3, -0.25) is 4.99 Å². The number of benzene rings is 8. The van der Waals surface area contributed by atoms with Crippen LogP contribution < -0.4 is 0 Å². The summed E-state index contributed by atoms with van der Waals surface area (Å²) >= 11 is 1.86. The SMILES string of the molecule is C[C@@H]1C(c2cccc3c2oc2cc(-c4ccc(-c5cccc(-c6ccccc6)c5)c5c4sc4ccccc45)ccc23)=NC(c2ccccc2)=NC1c1ccccc1. The molecule has 0 N–H and O–H groups in total. The van der Waals surface area contributed by atoms with E-state index in [1.807, 2.05) is 29.5 Å². The van der Waals surface area contributed by atoms with Gasteiger partial charge in [0.1, 0.15) is 11.2 Å². The molecular weight excluding hydrogens is 713 g/mol. The number of para-hydroxylation sites is 1. The Balaban J connectivity index is 1.05. The molecule has 0 saturated heterocycles. The highest BCUT2D eigenvalue weighted by Crippen LogP contribution is 2.46. The summed E-state index contributed by atoms with van der Waals surface area (Å²) in [7, 11) is 0. The van der Waals surface area contributed by atoms with Gasteiger partial charge in [0, 0.05) is 48.0 Å². The number of furan rings is 1. The number of thiophene rings is 1. The Bertz CT molecular complexity index is 3190. The van der Waals surface area contributed by atoms with Crippen LogP contribution >= 0.6 is 11.3 Å². The lowest BCUT2D eigenvalue weighted by molar-refractivity contribution is 0.591. The minimum Gasteiger partial charge on any atom is -0.455 e. The van der Waals surface area contributed by atoms with Crippen molar-refractivity contribution in [1.29, 1.82) is 0 Å². The van der Waals surface area contributed by atoms with Crippen LogP contribution in [0.3, 0.4) is 0 Å². The van der Waals surface area contributed by atoms with Gasteiger partial charge in [-0.25, -0.2) is 4.99 Å². The molecule has 57 heavy (non-hydrogen) atoms. The van der Waals surface area contributed by atoms with Crippen molar-refractivity contribution >= 4 is 65.0 Å². The molecule has 10 aromatic rings. The Hall–Kier alpha value is -6.88. The van der Waals surface area contributed by atoms with E-state index in [2.05, 4.69) is 177 Å². The predicted molar refractivity (Wildman–Crippen MR) is 241 cm³/mol. The van der Waals surface area contributed by atoms with Gasteiger partial charge in [0.2, 0.25) is 0 Å². The van der Waals surface area contributed by atoms with Gasteiger partial charge in [0.05, 0.1) is 11.8 Å². The largest absolute Gasteiger partial charge is 0.455 e. The van der Waals surface area contributed by atoms with E-state index < -0.39 is 0 Å². The van der Waals surface area contributed by atoms with Crippen molar-refractivity contribution in [3.8, 4) is 33.4 Å². The Morgan fingerprint density at radius 1 is 0.491 bits per heavy atom. The second-order valence-electron chi connectivity index (χ2n) is 14.9. The van der Waals surface area contributed by atoms with Gasteiger partial charge in [-0.05, 0) is 69.3 Å². The highest BCUT2D eigenvalue weighted by atomic mass is 32.1. The van der Waals surface area contributed by atoms with Crippen LogP contribution in [0.15, 0.2) is 202 Å². The predicted octanol–water partition coefficient (Wildman–Crippen LogP) is 14.6. The molecule has 270 valence electrons. The zero-order valence-electron chi connectivity index (χ0n) is 31.3. The standard InChI is InChI=1S/C53H36N2OS/c1-33-49(35-17-7-3-8-18-35)54-53(36-19-9-4-10-20-36)55-50(33)45-25-14-24-43-42-28-27-39(32-46(42)56-51(43)45)41-30-29-40(48-44-23-11-12-26-47(44)57-52(41)48)38-22-13-21-37(31-38)34-15-5-2-6-16-34/h2-33,49H,1H3/t33-,49?/m0/s1. The number of hydrogen-bond donors (Lipinski definition) is 0. The lowest BCUT2D eigenvalue weighted by Gasteiger charge is -2.28. The van der Waals surface area contributed by atoms with Crippen LogP contribution in [0.4, 0.5) is 0 Å². The zero-order valence-corrected chi connectivity index (χ0v) is 32.1. The molecule has 0 bridgehead atoms. The van der Waals surface area contributed by atoms with Crippen LogP contribution in [0.2, 0.25) is 0 Å². The van der Waals surface area contributed by atoms with Crippen molar-refractivity contribution < 1.29 is 4.42 Å². The molecule has 0 fully saturated rings. The van der Waals surface area contributed by atoms with E-state index in [1.54, 1.807) is 0 Å². The summed E-state index contributed by atoms with van der Waals surface area (Å²) in [6.07, 6.45) is 0. The first-order valence-electron chi connectivity index (χ1n) is 19.5. The minimum atomic E-state index is -0.0763. The molecule has 8 aromatic carbocycles. The van der Waals surface area contributed by atoms with Crippen molar-refractivity contribution in [2.75, 3.05) is 0 Å². The Morgan fingerprint density at radius 2 is 1.14 bits per heavy atom. The normalized spacial score (nSPS) is 15.7. The second-order valence-corrected chi connectivity index (χ2v) is 15.9. The van der Waals surface area contributed by atoms with Crippen molar-refractivity contribution in [3.63, 3.8) is 0 Å². The summed E-state index contributed by atoms with van der Waals surface area (Å²) in [5, 5.41) is 4.75. The number of hydrogen-bond acceptors (Lipinski definition) is 4. The third kappa shape index (κ3) is 5.72. The van der Waals surface area contributed by atoms with E-state index in [0.717, 1.165) is 50.2 Å². The van der Waals surface area contributed by atoms with E-state index in [-0.39, 0.29) is 12.0 Å². The van der Waals surface area contributed by atoms with Gasteiger partial charge in [-0.1, -0.05) is 165 Å². The smallest absolute Gasteiger partial charge is 0.155 e. The molecule has 2 aromatic heterocycles.